The lowest BCUT2D eigenvalue weighted by Gasteiger charge is -2.10. The summed E-state index contributed by atoms with van der Waals surface area (Å²) in [5, 5.41) is 19.9. The first-order valence-corrected chi connectivity index (χ1v) is 6.16. The number of nitrogens with zero attached hydrogens (tertiary/aromatic N) is 2. The number of hydrogen-bond acceptors (Lipinski definition) is 6. The van der Waals surface area contributed by atoms with Crippen LogP contribution in [-0.2, 0) is 6.42 Å². The molecule has 0 fully saturated rings. The number of aryl methyl sites for hydroxylation is 1. The van der Waals surface area contributed by atoms with E-state index in [2.05, 4.69) is 17.5 Å². The molecule has 0 amide bonds. The monoisotopic (exact) mass is 273 g/mol. The van der Waals surface area contributed by atoms with Crippen molar-refractivity contribution in [1.82, 2.24) is 0 Å². The highest BCUT2D eigenvalue weighted by Gasteiger charge is 2.17. The van der Waals surface area contributed by atoms with Crippen LogP contribution in [0.3, 0.4) is 0 Å². The van der Waals surface area contributed by atoms with Crippen molar-refractivity contribution in [2.75, 3.05) is 12.2 Å². The van der Waals surface area contributed by atoms with E-state index < -0.39 is 0 Å². The third-order valence-corrected chi connectivity index (χ3v) is 2.77. The van der Waals surface area contributed by atoms with Gasteiger partial charge in [-0.25, -0.2) is 0 Å². The number of ether oxygens (including phenoxy) is 2. The minimum absolute atomic E-state index is 0.162. The average Bonchev–Trinajstić information content (AvgIpc) is 2.86. The van der Waals surface area contributed by atoms with Crippen molar-refractivity contribution in [3.63, 3.8) is 0 Å². The van der Waals surface area contributed by atoms with Crippen LogP contribution in [0.4, 0.5) is 5.69 Å². The number of amidine groups is 1. The van der Waals surface area contributed by atoms with E-state index in [1.54, 1.807) is 12.1 Å². The van der Waals surface area contributed by atoms with E-state index in [0.717, 1.165) is 18.4 Å². The Morgan fingerprint density at radius 2 is 2.20 bits per heavy atom. The molecule has 1 heterocycles. The lowest BCUT2D eigenvalue weighted by molar-refractivity contribution is 0.174. The van der Waals surface area contributed by atoms with Crippen LogP contribution in [0.2, 0.25) is 0 Å². The number of rotatable bonds is 5. The van der Waals surface area contributed by atoms with Gasteiger partial charge in [0.25, 0.3) is 0 Å². The fourth-order valence-corrected chi connectivity index (χ4v) is 1.83. The van der Waals surface area contributed by atoms with Gasteiger partial charge < -0.3 is 15.2 Å². The summed E-state index contributed by atoms with van der Waals surface area (Å²) in [4.78, 5) is 0. The molecule has 0 unspecified atom stereocenters. The van der Waals surface area contributed by atoms with Crippen molar-refractivity contribution in [1.29, 1.82) is 10.7 Å². The molecule has 20 heavy (non-hydrogen) atoms. The smallest absolute Gasteiger partial charge is 0.231 e. The number of fused-ring (bicyclic) bond motifs is 1. The Balaban J connectivity index is 2.31. The Bertz CT molecular complexity index is 604. The van der Waals surface area contributed by atoms with E-state index in [-0.39, 0.29) is 18.3 Å². The van der Waals surface area contributed by atoms with Crippen molar-refractivity contribution >= 4 is 17.2 Å². The Labute approximate surface area is 116 Å². The first-order valence-electron chi connectivity index (χ1n) is 6.16. The van der Waals surface area contributed by atoms with Crippen LogP contribution >= 0.6 is 0 Å². The van der Waals surface area contributed by atoms with Gasteiger partial charge in [-0.1, -0.05) is 13.3 Å². The summed E-state index contributed by atoms with van der Waals surface area (Å²) in [5.74, 6) is 0.955. The van der Waals surface area contributed by atoms with Crippen molar-refractivity contribution in [3.05, 3.63) is 17.7 Å². The summed E-state index contributed by atoms with van der Waals surface area (Å²) in [6, 6.07) is 5.42. The number of hydrazone groups is 1. The molecule has 7 nitrogen and oxygen atoms in total. The average molecular weight is 273 g/mol. The molecule has 1 aromatic rings. The summed E-state index contributed by atoms with van der Waals surface area (Å²) in [5.41, 5.74) is 9.57. The third kappa shape index (κ3) is 2.80. The number of nitriles is 1. The second-order valence-corrected chi connectivity index (χ2v) is 4.21. The highest BCUT2D eigenvalue weighted by Crippen LogP contribution is 2.37. The van der Waals surface area contributed by atoms with Crippen LogP contribution in [0.15, 0.2) is 17.2 Å². The van der Waals surface area contributed by atoms with Crippen LogP contribution in [0, 0.1) is 16.7 Å². The fourth-order valence-electron chi connectivity index (χ4n) is 1.83. The highest BCUT2D eigenvalue weighted by molar-refractivity contribution is 6.45. The molecule has 0 saturated heterocycles. The van der Waals surface area contributed by atoms with Crippen LogP contribution in [-0.4, -0.2) is 18.3 Å². The molecule has 1 aliphatic heterocycles. The molecule has 104 valence electrons. The van der Waals surface area contributed by atoms with Crippen molar-refractivity contribution in [3.8, 4) is 17.6 Å². The SMILES string of the molecule is CCCc1cc2c(cc1N/N=C(\C#N)C(=N)N)OCO2. The molecule has 0 bridgehead atoms. The zero-order valence-electron chi connectivity index (χ0n) is 11.1. The molecular weight excluding hydrogens is 258 g/mol. The van der Waals surface area contributed by atoms with Crippen molar-refractivity contribution < 1.29 is 9.47 Å². The number of benzene rings is 1. The Hall–Kier alpha value is -2.75. The van der Waals surface area contributed by atoms with Gasteiger partial charge in [-0.15, -0.1) is 0 Å². The standard InChI is InChI=1S/C13H15N5O2/c1-2-3-8-4-11-12(20-7-19-11)5-9(8)17-18-10(6-14)13(15)16/h4-5,17H,2-3,7H2,1H3,(H3,15,16)/b18-10+. The van der Waals surface area contributed by atoms with Gasteiger partial charge in [-0.05, 0) is 18.1 Å². The molecule has 0 atom stereocenters. The van der Waals surface area contributed by atoms with Gasteiger partial charge in [0.05, 0.1) is 5.69 Å². The molecule has 1 aliphatic rings. The Kier molecular flexibility index (Phi) is 4.05. The van der Waals surface area contributed by atoms with E-state index in [1.165, 1.54) is 0 Å². The molecule has 4 N–H and O–H groups in total. The second kappa shape index (κ2) is 5.93. The largest absolute Gasteiger partial charge is 0.454 e. The molecule has 0 radical (unpaired) electrons. The quantitative estimate of drug-likeness (QED) is 0.428. The number of hydrogen-bond donors (Lipinski definition) is 3. The number of nitrogens with two attached hydrogens (primary N) is 1. The predicted octanol–water partition coefficient (Wildman–Crippen LogP) is 1.60. The van der Waals surface area contributed by atoms with E-state index in [0.29, 0.717) is 17.2 Å². The normalized spacial score (nSPS) is 12.9. The number of anilines is 1. The minimum Gasteiger partial charge on any atom is -0.454 e. The maximum absolute atomic E-state index is 8.82. The summed E-state index contributed by atoms with van der Waals surface area (Å²) in [7, 11) is 0. The van der Waals surface area contributed by atoms with Gasteiger partial charge in [0, 0.05) is 6.07 Å². The molecular formula is C13H15N5O2. The summed E-state index contributed by atoms with van der Waals surface area (Å²) in [6.07, 6.45) is 1.78. The van der Waals surface area contributed by atoms with Crippen LogP contribution < -0.4 is 20.6 Å². The summed E-state index contributed by atoms with van der Waals surface area (Å²) in [6.45, 7) is 2.26. The molecule has 2 rings (SSSR count). The van der Waals surface area contributed by atoms with Gasteiger partial charge in [0.1, 0.15) is 6.07 Å². The van der Waals surface area contributed by atoms with Gasteiger partial charge in [0.2, 0.25) is 12.5 Å². The van der Waals surface area contributed by atoms with Crippen LogP contribution in [0.5, 0.6) is 11.5 Å². The van der Waals surface area contributed by atoms with Gasteiger partial charge in [0.15, 0.2) is 17.3 Å². The van der Waals surface area contributed by atoms with E-state index >= 15 is 0 Å². The summed E-state index contributed by atoms with van der Waals surface area (Å²) >= 11 is 0. The van der Waals surface area contributed by atoms with Gasteiger partial charge in [-0.2, -0.15) is 10.4 Å². The first-order chi connectivity index (χ1) is 9.65. The number of nitrogens with one attached hydrogen (secondary N) is 2. The molecule has 0 spiro atoms. The second-order valence-electron chi connectivity index (χ2n) is 4.21. The third-order valence-electron chi connectivity index (χ3n) is 2.77. The Morgan fingerprint density at radius 3 is 2.80 bits per heavy atom. The van der Waals surface area contributed by atoms with Crippen molar-refractivity contribution in [2.45, 2.75) is 19.8 Å². The molecule has 7 heteroatoms. The van der Waals surface area contributed by atoms with Gasteiger partial charge in [-0.3, -0.25) is 10.8 Å². The highest BCUT2D eigenvalue weighted by atomic mass is 16.7. The predicted molar refractivity (Wildman–Crippen MR) is 75.1 cm³/mol. The topological polar surface area (TPSA) is 117 Å². The fraction of sp³-hybridized carbons (Fsp3) is 0.308. The van der Waals surface area contributed by atoms with Gasteiger partial charge >= 0.3 is 0 Å². The van der Waals surface area contributed by atoms with E-state index in [4.69, 9.17) is 25.9 Å². The van der Waals surface area contributed by atoms with E-state index in [9.17, 15) is 0 Å². The lowest BCUT2D eigenvalue weighted by Crippen LogP contribution is -2.22. The maximum atomic E-state index is 8.82. The zero-order valence-corrected chi connectivity index (χ0v) is 11.1. The maximum Gasteiger partial charge on any atom is 0.231 e. The molecule has 0 aromatic heterocycles. The lowest BCUT2D eigenvalue weighted by atomic mass is 10.1. The summed E-state index contributed by atoms with van der Waals surface area (Å²) < 4.78 is 10.6. The van der Waals surface area contributed by atoms with E-state index in [1.807, 2.05) is 6.07 Å². The minimum atomic E-state index is -0.377. The molecule has 0 saturated carbocycles. The van der Waals surface area contributed by atoms with Crippen LogP contribution in [0.25, 0.3) is 0 Å². The zero-order chi connectivity index (χ0) is 14.5. The molecule has 0 aliphatic carbocycles. The Morgan fingerprint density at radius 1 is 1.50 bits per heavy atom. The molecule has 1 aromatic carbocycles. The first kappa shape index (κ1) is 13.7. The van der Waals surface area contributed by atoms with Crippen molar-refractivity contribution in [2.24, 2.45) is 10.8 Å². The van der Waals surface area contributed by atoms with Crippen LogP contribution in [0.1, 0.15) is 18.9 Å².